The molecule has 1 aliphatic rings. The van der Waals surface area contributed by atoms with Crippen LogP contribution < -0.4 is 10.6 Å². The molecule has 1 saturated heterocycles. The molecule has 0 amide bonds. The van der Waals surface area contributed by atoms with Gasteiger partial charge in [0.1, 0.15) is 0 Å². The fraction of sp³-hybridized carbons (Fsp3) is 0.316. The number of rotatable bonds is 2. The molecular weight excluding hydrogens is 322 g/mol. The summed E-state index contributed by atoms with van der Waals surface area (Å²) in [6, 6.07) is 14.3. The largest absolute Gasteiger partial charge is 0.370 e. The number of para-hydroxylation sites is 1. The lowest BCUT2D eigenvalue weighted by Crippen LogP contribution is -2.33. The molecule has 0 bridgehead atoms. The van der Waals surface area contributed by atoms with Crippen molar-refractivity contribution in [2.75, 3.05) is 18.0 Å². The van der Waals surface area contributed by atoms with Crippen LogP contribution in [0.2, 0.25) is 5.02 Å². The van der Waals surface area contributed by atoms with Crippen LogP contribution in [0.1, 0.15) is 24.3 Å². The molecule has 0 unspecified atom stereocenters. The summed E-state index contributed by atoms with van der Waals surface area (Å²) in [5, 5.41) is 0.788. The maximum absolute atomic E-state index is 11.9. The molecule has 1 N–H and O–H groups in total. The van der Waals surface area contributed by atoms with E-state index >= 15 is 0 Å². The number of fused-ring (bicyclic) bond motifs is 1. The summed E-state index contributed by atoms with van der Waals surface area (Å²) >= 11 is 5.99. The summed E-state index contributed by atoms with van der Waals surface area (Å²) in [5.74, 6) is 0.577. The second-order valence-electron chi connectivity index (χ2n) is 6.48. The van der Waals surface area contributed by atoms with Crippen LogP contribution in [-0.2, 0) is 7.05 Å². The third kappa shape index (κ3) is 2.61. The first-order valence-corrected chi connectivity index (χ1v) is 8.69. The molecule has 4 nitrogen and oxygen atoms in total. The van der Waals surface area contributed by atoms with Crippen molar-refractivity contribution in [1.29, 1.82) is 0 Å². The molecule has 1 aliphatic heterocycles. The zero-order valence-electron chi connectivity index (χ0n) is 13.6. The Hall–Kier alpha value is -2.20. The number of aromatic nitrogens is 2. The molecule has 24 heavy (non-hydrogen) atoms. The van der Waals surface area contributed by atoms with E-state index in [0.29, 0.717) is 5.92 Å². The molecule has 2 aromatic carbocycles. The number of nitrogens with zero attached hydrogens (tertiary/aromatic N) is 2. The second-order valence-corrected chi connectivity index (χ2v) is 6.91. The number of aryl methyl sites for hydroxylation is 1. The minimum atomic E-state index is -0.0616. The van der Waals surface area contributed by atoms with Gasteiger partial charge in [0.2, 0.25) is 0 Å². The van der Waals surface area contributed by atoms with E-state index in [1.165, 1.54) is 5.56 Å². The number of anilines is 1. The lowest BCUT2D eigenvalue weighted by Gasteiger charge is -2.34. The highest BCUT2D eigenvalue weighted by Gasteiger charge is 2.23. The number of aromatic amines is 1. The first-order chi connectivity index (χ1) is 11.6. The molecule has 1 fully saturated rings. The molecule has 4 rings (SSSR count). The monoisotopic (exact) mass is 341 g/mol. The topological polar surface area (TPSA) is 41.0 Å². The van der Waals surface area contributed by atoms with Gasteiger partial charge in [-0.25, -0.2) is 4.79 Å². The summed E-state index contributed by atoms with van der Waals surface area (Å²) in [5.41, 5.74) is 4.34. The molecule has 3 aromatic rings. The first kappa shape index (κ1) is 15.3. The van der Waals surface area contributed by atoms with Crippen LogP contribution in [0.4, 0.5) is 5.69 Å². The first-order valence-electron chi connectivity index (χ1n) is 8.31. The summed E-state index contributed by atoms with van der Waals surface area (Å²) < 4.78 is 1.70. The highest BCUT2D eigenvalue weighted by atomic mass is 35.5. The molecule has 0 atom stereocenters. The average molecular weight is 342 g/mol. The maximum atomic E-state index is 11.9. The van der Waals surface area contributed by atoms with Gasteiger partial charge in [0, 0.05) is 25.2 Å². The van der Waals surface area contributed by atoms with Crippen molar-refractivity contribution in [1.82, 2.24) is 9.55 Å². The zero-order valence-corrected chi connectivity index (χ0v) is 14.4. The number of halogens is 1. The molecule has 2 heterocycles. The lowest BCUT2D eigenvalue weighted by atomic mass is 9.89. The Morgan fingerprint density at radius 2 is 1.79 bits per heavy atom. The zero-order chi connectivity index (χ0) is 16.7. The smallest absolute Gasteiger partial charge is 0.326 e. The fourth-order valence-electron chi connectivity index (χ4n) is 3.73. The van der Waals surface area contributed by atoms with Crippen LogP contribution in [0.3, 0.4) is 0 Å². The minimum Gasteiger partial charge on any atom is -0.370 e. The summed E-state index contributed by atoms with van der Waals surface area (Å²) in [6.07, 6.45) is 2.22. The van der Waals surface area contributed by atoms with E-state index in [-0.39, 0.29) is 5.69 Å². The van der Waals surface area contributed by atoms with Gasteiger partial charge in [0.15, 0.2) is 0 Å². The molecule has 0 saturated carbocycles. The van der Waals surface area contributed by atoms with Crippen molar-refractivity contribution in [2.24, 2.45) is 7.05 Å². The predicted octanol–water partition coefficient (Wildman–Crippen LogP) is 3.90. The van der Waals surface area contributed by atoms with Gasteiger partial charge in [-0.1, -0.05) is 29.8 Å². The van der Waals surface area contributed by atoms with Crippen LogP contribution in [0, 0.1) is 0 Å². The number of H-pyrrole nitrogens is 1. The summed E-state index contributed by atoms with van der Waals surface area (Å²) in [7, 11) is 1.82. The van der Waals surface area contributed by atoms with E-state index in [4.69, 9.17) is 11.6 Å². The Balaban J connectivity index is 1.58. The van der Waals surface area contributed by atoms with Crippen LogP contribution >= 0.6 is 11.6 Å². The van der Waals surface area contributed by atoms with Crippen LogP contribution in [-0.4, -0.2) is 22.6 Å². The Kier molecular flexibility index (Phi) is 3.85. The van der Waals surface area contributed by atoms with Crippen molar-refractivity contribution in [3.63, 3.8) is 0 Å². The number of hydrogen-bond donors (Lipinski definition) is 1. The van der Waals surface area contributed by atoms with E-state index in [0.717, 1.165) is 47.7 Å². The Labute approximate surface area is 145 Å². The number of nitrogens with one attached hydrogen (secondary N) is 1. The lowest BCUT2D eigenvalue weighted by molar-refractivity contribution is 0.506. The molecule has 0 aliphatic carbocycles. The number of benzene rings is 2. The normalized spacial score (nSPS) is 16.0. The predicted molar refractivity (Wildman–Crippen MR) is 99.2 cm³/mol. The van der Waals surface area contributed by atoms with Gasteiger partial charge in [-0.15, -0.1) is 0 Å². The van der Waals surface area contributed by atoms with E-state index in [9.17, 15) is 4.79 Å². The van der Waals surface area contributed by atoms with E-state index in [1.807, 2.05) is 31.3 Å². The molecule has 0 radical (unpaired) electrons. The number of piperidine rings is 1. The van der Waals surface area contributed by atoms with E-state index in [1.54, 1.807) is 4.57 Å². The molecule has 1 aromatic heterocycles. The van der Waals surface area contributed by atoms with Gasteiger partial charge in [-0.2, -0.15) is 0 Å². The average Bonchev–Trinajstić information content (AvgIpc) is 2.90. The molecule has 0 spiro atoms. The Bertz CT molecular complexity index is 918. The van der Waals surface area contributed by atoms with Crippen LogP contribution in [0.15, 0.2) is 47.3 Å². The molecule has 124 valence electrons. The highest BCUT2D eigenvalue weighted by molar-refractivity contribution is 6.30. The van der Waals surface area contributed by atoms with Crippen molar-refractivity contribution in [3.8, 4) is 0 Å². The van der Waals surface area contributed by atoms with Crippen LogP contribution in [0.25, 0.3) is 11.0 Å². The summed E-state index contributed by atoms with van der Waals surface area (Å²) in [6.45, 7) is 1.98. The molecule has 5 heteroatoms. The van der Waals surface area contributed by atoms with Gasteiger partial charge >= 0.3 is 5.69 Å². The van der Waals surface area contributed by atoms with Gasteiger partial charge in [-0.3, -0.25) is 4.57 Å². The van der Waals surface area contributed by atoms with E-state index in [2.05, 4.69) is 28.1 Å². The quantitative estimate of drug-likeness (QED) is 0.768. The van der Waals surface area contributed by atoms with Gasteiger partial charge in [0.05, 0.1) is 16.7 Å². The fourth-order valence-corrected chi connectivity index (χ4v) is 3.86. The van der Waals surface area contributed by atoms with Gasteiger partial charge in [-0.05, 0) is 48.6 Å². The Morgan fingerprint density at radius 3 is 2.50 bits per heavy atom. The van der Waals surface area contributed by atoms with Crippen molar-refractivity contribution in [2.45, 2.75) is 18.8 Å². The molecular formula is C19H20ClN3O. The van der Waals surface area contributed by atoms with Crippen molar-refractivity contribution < 1.29 is 0 Å². The number of imidazole rings is 1. The highest BCUT2D eigenvalue weighted by Crippen LogP contribution is 2.33. The summed E-state index contributed by atoms with van der Waals surface area (Å²) in [4.78, 5) is 17.2. The van der Waals surface area contributed by atoms with Gasteiger partial charge < -0.3 is 9.88 Å². The minimum absolute atomic E-state index is 0.0616. The van der Waals surface area contributed by atoms with Crippen molar-refractivity contribution in [3.05, 3.63) is 63.5 Å². The number of hydrogen-bond acceptors (Lipinski definition) is 2. The second kappa shape index (κ2) is 6.02. The third-order valence-electron chi connectivity index (χ3n) is 5.07. The third-order valence-corrected chi connectivity index (χ3v) is 5.33. The van der Waals surface area contributed by atoms with E-state index < -0.39 is 0 Å². The van der Waals surface area contributed by atoms with Gasteiger partial charge in [0.25, 0.3) is 0 Å². The van der Waals surface area contributed by atoms with Crippen LogP contribution in [0.5, 0.6) is 0 Å². The maximum Gasteiger partial charge on any atom is 0.326 e. The standard InChI is InChI=1S/C19H20ClN3O/c1-22-18-16(21-19(22)24)3-2-4-17(18)23-11-9-14(10-12-23)13-5-7-15(20)8-6-13/h2-8,14H,9-12H2,1H3,(H,21,24). The Morgan fingerprint density at radius 1 is 1.08 bits per heavy atom. The van der Waals surface area contributed by atoms with Crippen molar-refractivity contribution >= 4 is 28.3 Å². The SMILES string of the molecule is Cn1c(=O)[nH]c2cccc(N3CCC(c4ccc(Cl)cc4)CC3)c21.